The van der Waals surface area contributed by atoms with Crippen LogP contribution < -0.4 is 0 Å². The second kappa shape index (κ2) is 3.85. The molecule has 0 radical (unpaired) electrons. The average molecular weight is 275 g/mol. The quantitative estimate of drug-likeness (QED) is 0.723. The topological polar surface area (TPSA) is 23.8 Å². The fourth-order valence-corrected chi connectivity index (χ4v) is 1.61. The standard InChI is InChI=1S/C9H7FIN/c1-6-7(2-3-12)4-8(10)5-9(6)11/h4-5H,2H2,1H3. The lowest BCUT2D eigenvalue weighted by Gasteiger charge is -2.03. The third-order valence-electron chi connectivity index (χ3n) is 1.69. The maximum Gasteiger partial charge on any atom is 0.124 e. The number of hydrogen-bond donors (Lipinski definition) is 0. The van der Waals surface area contributed by atoms with Gasteiger partial charge >= 0.3 is 0 Å². The van der Waals surface area contributed by atoms with Gasteiger partial charge in [0, 0.05) is 3.57 Å². The molecule has 0 unspecified atom stereocenters. The summed E-state index contributed by atoms with van der Waals surface area (Å²) in [6.45, 7) is 1.90. The Balaban J connectivity index is 3.20. The zero-order valence-corrected chi connectivity index (χ0v) is 8.72. The van der Waals surface area contributed by atoms with Gasteiger partial charge in [0.15, 0.2) is 0 Å². The Morgan fingerprint density at radius 1 is 1.58 bits per heavy atom. The maximum atomic E-state index is 12.8. The van der Waals surface area contributed by atoms with Crippen LogP contribution in [0.2, 0.25) is 0 Å². The van der Waals surface area contributed by atoms with E-state index in [1.807, 2.05) is 13.0 Å². The summed E-state index contributed by atoms with van der Waals surface area (Å²) in [6, 6.07) is 4.90. The highest BCUT2D eigenvalue weighted by atomic mass is 127. The first kappa shape index (κ1) is 9.46. The van der Waals surface area contributed by atoms with Crippen LogP contribution in [0, 0.1) is 27.6 Å². The Bertz CT molecular complexity index is 341. The normalized spacial score (nSPS) is 9.50. The van der Waals surface area contributed by atoms with Crippen molar-refractivity contribution in [1.82, 2.24) is 0 Å². The first-order chi connectivity index (χ1) is 5.65. The van der Waals surface area contributed by atoms with Crippen molar-refractivity contribution in [2.75, 3.05) is 0 Å². The molecule has 0 spiro atoms. The van der Waals surface area contributed by atoms with E-state index in [9.17, 15) is 4.39 Å². The van der Waals surface area contributed by atoms with Crippen molar-refractivity contribution in [2.24, 2.45) is 0 Å². The van der Waals surface area contributed by atoms with Crippen molar-refractivity contribution in [3.8, 4) is 6.07 Å². The highest BCUT2D eigenvalue weighted by Gasteiger charge is 2.04. The number of nitriles is 1. The summed E-state index contributed by atoms with van der Waals surface area (Å²) in [7, 11) is 0. The number of hydrogen-bond acceptors (Lipinski definition) is 1. The Kier molecular flexibility index (Phi) is 3.04. The maximum absolute atomic E-state index is 12.8. The zero-order valence-electron chi connectivity index (χ0n) is 6.56. The molecular formula is C9H7FIN. The van der Waals surface area contributed by atoms with Gasteiger partial charge in [-0.2, -0.15) is 5.26 Å². The molecule has 0 amide bonds. The summed E-state index contributed by atoms with van der Waals surface area (Å²) in [6.07, 6.45) is 0.277. The molecule has 0 aliphatic carbocycles. The molecule has 0 aliphatic rings. The minimum absolute atomic E-state index is 0.268. The highest BCUT2D eigenvalue weighted by molar-refractivity contribution is 14.1. The Hall–Kier alpha value is -0.630. The SMILES string of the molecule is Cc1c(I)cc(F)cc1CC#N. The molecule has 62 valence electrons. The van der Waals surface area contributed by atoms with E-state index in [-0.39, 0.29) is 12.2 Å². The molecule has 1 nitrogen and oxygen atoms in total. The van der Waals surface area contributed by atoms with E-state index in [1.165, 1.54) is 12.1 Å². The van der Waals surface area contributed by atoms with Crippen LogP contribution in [0.1, 0.15) is 11.1 Å². The fourth-order valence-electron chi connectivity index (χ4n) is 0.968. The van der Waals surface area contributed by atoms with Crippen LogP contribution >= 0.6 is 22.6 Å². The first-order valence-corrected chi connectivity index (χ1v) is 4.54. The predicted molar refractivity (Wildman–Crippen MR) is 53.2 cm³/mol. The van der Waals surface area contributed by atoms with E-state index in [1.54, 1.807) is 0 Å². The molecular weight excluding hydrogens is 268 g/mol. The van der Waals surface area contributed by atoms with E-state index in [0.29, 0.717) is 0 Å². The smallest absolute Gasteiger partial charge is 0.124 e. The molecule has 12 heavy (non-hydrogen) atoms. The van der Waals surface area contributed by atoms with Gasteiger partial charge in [-0.05, 0) is 52.8 Å². The van der Waals surface area contributed by atoms with Crippen molar-refractivity contribution >= 4 is 22.6 Å². The second-order valence-corrected chi connectivity index (χ2v) is 3.67. The lowest BCUT2D eigenvalue weighted by atomic mass is 10.1. The molecule has 0 bridgehead atoms. The van der Waals surface area contributed by atoms with Gasteiger partial charge in [0.1, 0.15) is 5.82 Å². The van der Waals surface area contributed by atoms with Gasteiger partial charge in [-0.3, -0.25) is 0 Å². The molecule has 3 heteroatoms. The summed E-state index contributed by atoms with van der Waals surface area (Å²) in [5.74, 6) is -0.268. The molecule has 1 rings (SSSR count). The minimum atomic E-state index is -0.268. The monoisotopic (exact) mass is 275 g/mol. The first-order valence-electron chi connectivity index (χ1n) is 3.46. The van der Waals surface area contributed by atoms with Crippen molar-refractivity contribution in [3.05, 3.63) is 32.6 Å². The van der Waals surface area contributed by atoms with E-state index < -0.39 is 0 Å². The van der Waals surface area contributed by atoms with Gasteiger partial charge in [0.25, 0.3) is 0 Å². The molecule has 0 heterocycles. The van der Waals surface area contributed by atoms with Crippen LogP contribution in [0.25, 0.3) is 0 Å². The van der Waals surface area contributed by atoms with Gasteiger partial charge < -0.3 is 0 Å². The number of halogens is 2. The van der Waals surface area contributed by atoms with Crippen LogP contribution in [0.5, 0.6) is 0 Å². The lowest BCUT2D eigenvalue weighted by molar-refractivity contribution is 0.624. The van der Waals surface area contributed by atoms with Crippen molar-refractivity contribution in [1.29, 1.82) is 5.26 Å². The molecule has 0 aliphatic heterocycles. The second-order valence-electron chi connectivity index (χ2n) is 2.51. The predicted octanol–water partition coefficient (Wildman–Crippen LogP) is 2.80. The van der Waals surface area contributed by atoms with Crippen LogP contribution in [0.3, 0.4) is 0 Å². The summed E-state index contributed by atoms with van der Waals surface area (Å²) in [5.41, 5.74) is 1.78. The van der Waals surface area contributed by atoms with Gasteiger partial charge in [0.2, 0.25) is 0 Å². The molecule has 0 aromatic heterocycles. The summed E-state index contributed by atoms with van der Waals surface area (Å²) in [4.78, 5) is 0. The van der Waals surface area contributed by atoms with Crippen LogP contribution in [0.15, 0.2) is 12.1 Å². The lowest BCUT2D eigenvalue weighted by Crippen LogP contribution is -1.92. The number of benzene rings is 1. The molecule has 0 atom stereocenters. The summed E-state index contributed by atoms with van der Waals surface area (Å²) >= 11 is 2.07. The zero-order chi connectivity index (χ0) is 9.14. The molecule has 0 saturated heterocycles. The van der Waals surface area contributed by atoms with Crippen LogP contribution in [0.4, 0.5) is 4.39 Å². The van der Waals surface area contributed by atoms with Crippen molar-refractivity contribution < 1.29 is 4.39 Å². The number of nitrogens with zero attached hydrogens (tertiary/aromatic N) is 1. The summed E-state index contributed by atoms with van der Waals surface area (Å²) < 4.78 is 13.7. The molecule has 1 aromatic carbocycles. The van der Waals surface area contributed by atoms with Gasteiger partial charge in [-0.15, -0.1) is 0 Å². The van der Waals surface area contributed by atoms with E-state index >= 15 is 0 Å². The largest absolute Gasteiger partial charge is 0.207 e. The van der Waals surface area contributed by atoms with E-state index in [2.05, 4.69) is 22.6 Å². The van der Waals surface area contributed by atoms with Gasteiger partial charge in [-0.25, -0.2) is 4.39 Å². The molecule has 1 aromatic rings. The third kappa shape index (κ3) is 1.95. The highest BCUT2D eigenvalue weighted by Crippen LogP contribution is 2.18. The molecule has 0 fully saturated rings. The third-order valence-corrected chi connectivity index (χ3v) is 2.81. The van der Waals surface area contributed by atoms with Crippen molar-refractivity contribution in [3.63, 3.8) is 0 Å². The number of rotatable bonds is 1. The van der Waals surface area contributed by atoms with Crippen molar-refractivity contribution in [2.45, 2.75) is 13.3 Å². The van der Waals surface area contributed by atoms with E-state index in [4.69, 9.17) is 5.26 Å². The van der Waals surface area contributed by atoms with Crippen LogP contribution in [-0.2, 0) is 6.42 Å². The van der Waals surface area contributed by atoms with Gasteiger partial charge in [0.05, 0.1) is 12.5 Å². The molecule has 0 saturated carbocycles. The fraction of sp³-hybridized carbons (Fsp3) is 0.222. The van der Waals surface area contributed by atoms with Crippen LogP contribution in [-0.4, -0.2) is 0 Å². The Morgan fingerprint density at radius 2 is 2.25 bits per heavy atom. The minimum Gasteiger partial charge on any atom is -0.207 e. The Morgan fingerprint density at radius 3 is 2.83 bits per heavy atom. The average Bonchev–Trinajstić information content (AvgIpc) is 2.00. The van der Waals surface area contributed by atoms with Gasteiger partial charge in [-0.1, -0.05) is 0 Å². The van der Waals surface area contributed by atoms with E-state index in [0.717, 1.165) is 14.7 Å². The summed E-state index contributed by atoms with van der Waals surface area (Å²) in [5, 5.41) is 8.45. The Labute approximate surface area is 84.3 Å². The molecule has 0 N–H and O–H groups in total.